The highest BCUT2D eigenvalue weighted by Gasteiger charge is 2.30. The van der Waals surface area contributed by atoms with Gasteiger partial charge < -0.3 is 19.9 Å². The standard InChI is InChI=1S/C25H31N3O4/c1-17-14-22(29)26-20-8-6-7-9-21(20)28(17)23(30)15-27(5)24(31)16-32-19-12-10-18(11-13-19)25(2,3)4/h6-13,17H,14-16H2,1-5H3,(H,26,29). The zero-order chi connectivity index (χ0) is 23.5. The van der Waals surface area contributed by atoms with Crippen LogP contribution in [0.25, 0.3) is 0 Å². The summed E-state index contributed by atoms with van der Waals surface area (Å²) in [5.41, 5.74) is 2.44. The summed E-state index contributed by atoms with van der Waals surface area (Å²) in [6.45, 7) is 7.95. The lowest BCUT2D eigenvalue weighted by atomic mass is 9.87. The monoisotopic (exact) mass is 437 g/mol. The Kier molecular flexibility index (Phi) is 6.87. The van der Waals surface area contributed by atoms with Crippen LogP contribution in [0.3, 0.4) is 0 Å². The van der Waals surface area contributed by atoms with Crippen molar-refractivity contribution >= 4 is 29.1 Å². The van der Waals surface area contributed by atoms with Crippen LogP contribution in [-0.2, 0) is 19.8 Å². The second-order valence-electron chi connectivity index (χ2n) is 9.20. The van der Waals surface area contributed by atoms with Gasteiger partial charge in [0.1, 0.15) is 5.75 Å². The van der Waals surface area contributed by atoms with Crippen LogP contribution in [0.2, 0.25) is 0 Å². The van der Waals surface area contributed by atoms with Crippen molar-refractivity contribution < 1.29 is 19.1 Å². The average molecular weight is 438 g/mol. The van der Waals surface area contributed by atoms with Gasteiger partial charge >= 0.3 is 0 Å². The number of carbonyl (C=O) groups excluding carboxylic acids is 3. The van der Waals surface area contributed by atoms with Crippen LogP contribution in [0, 0.1) is 0 Å². The summed E-state index contributed by atoms with van der Waals surface area (Å²) < 4.78 is 5.62. The molecule has 1 aliphatic rings. The lowest BCUT2D eigenvalue weighted by molar-refractivity contribution is -0.135. The number of nitrogens with one attached hydrogen (secondary N) is 1. The van der Waals surface area contributed by atoms with Crippen LogP contribution < -0.4 is 15.0 Å². The highest BCUT2D eigenvalue weighted by Crippen LogP contribution is 2.31. The van der Waals surface area contributed by atoms with Gasteiger partial charge in [-0.3, -0.25) is 14.4 Å². The van der Waals surface area contributed by atoms with E-state index in [0.29, 0.717) is 17.1 Å². The van der Waals surface area contributed by atoms with Crippen molar-refractivity contribution in [3.8, 4) is 5.75 Å². The molecule has 7 heteroatoms. The Labute approximate surface area is 189 Å². The van der Waals surface area contributed by atoms with Gasteiger partial charge in [-0.2, -0.15) is 0 Å². The molecular formula is C25H31N3O4. The zero-order valence-electron chi connectivity index (χ0n) is 19.3. The fraction of sp³-hybridized carbons (Fsp3) is 0.400. The van der Waals surface area contributed by atoms with E-state index in [1.54, 1.807) is 30.1 Å². The Morgan fingerprint density at radius 1 is 1.12 bits per heavy atom. The second kappa shape index (κ2) is 9.42. The number of benzene rings is 2. The Balaban J connectivity index is 1.62. The number of anilines is 2. The summed E-state index contributed by atoms with van der Waals surface area (Å²) >= 11 is 0. The highest BCUT2D eigenvalue weighted by molar-refractivity contribution is 6.05. The molecule has 1 unspecified atom stereocenters. The molecule has 170 valence electrons. The van der Waals surface area contributed by atoms with Gasteiger partial charge in [-0.05, 0) is 42.2 Å². The van der Waals surface area contributed by atoms with Crippen LogP contribution in [0.4, 0.5) is 11.4 Å². The molecule has 7 nitrogen and oxygen atoms in total. The molecule has 1 aliphatic heterocycles. The van der Waals surface area contributed by atoms with E-state index in [4.69, 9.17) is 4.74 Å². The molecule has 0 radical (unpaired) electrons. The van der Waals surface area contributed by atoms with Crippen LogP contribution >= 0.6 is 0 Å². The summed E-state index contributed by atoms with van der Waals surface area (Å²) in [7, 11) is 1.57. The van der Waals surface area contributed by atoms with E-state index in [2.05, 4.69) is 26.1 Å². The Bertz CT molecular complexity index is 995. The van der Waals surface area contributed by atoms with E-state index in [1.165, 1.54) is 10.5 Å². The molecule has 3 rings (SSSR count). The number of carbonyl (C=O) groups is 3. The average Bonchev–Trinajstić information content (AvgIpc) is 2.85. The number of hydrogen-bond donors (Lipinski definition) is 1. The number of likely N-dealkylation sites (N-methyl/N-ethyl adjacent to an activating group) is 1. The molecule has 0 fully saturated rings. The second-order valence-corrected chi connectivity index (χ2v) is 9.20. The van der Waals surface area contributed by atoms with Gasteiger partial charge in [0, 0.05) is 19.5 Å². The smallest absolute Gasteiger partial charge is 0.260 e. The van der Waals surface area contributed by atoms with Crippen molar-refractivity contribution in [2.45, 2.75) is 45.6 Å². The first-order valence-corrected chi connectivity index (χ1v) is 10.7. The largest absolute Gasteiger partial charge is 0.484 e. The number of para-hydroxylation sites is 2. The highest BCUT2D eigenvalue weighted by atomic mass is 16.5. The molecular weight excluding hydrogens is 406 g/mol. The molecule has 0 spiro atoms. The molecule has 3 amide bonds. The molecule has 2 aromatic carbocycles. The Hall–Kier alpha value is -3.35. The van der Waals surface area contributed by atoms with Crippen LogP contribution in [-0.4, -0.2) is 48.9 Å². The maximum atomic E-state index is 13.1. The maximum absolute atomic E-state index is 13.1. The molecule has 0 aromatic heterocycles. The first-order valence-electron chi connectivity index (χ1n) is 10.7. The van der Waals surface area contributed by atoms with Crippen molar-refractivity contribution in [2.75, 3.05) is 30.4 Å². The predicted molar refractivity (Wildman–Crippen MR) is 125 cm³/mol. The maximum Gasteiger partial charge on any atom is 0.260 e. The quantitative estimate of drug-likeness (QED) is 0.775. The Morgan fingerprint density at radius 2 is 1.78 bits per heavy atom. The molecule has 1 atom stereocenters. The predicted octanol–water partition coefficient (Wildman–Crippen LogP) is 3.59. The normalized spacial score (nSPS) is 16.0. The van der Waals surface area contributed by atoms with E-state index in [0.717, 1.165) is 0 Å². The lowest BCUT2D eigenvalue weighted by Gasteiger charge is -2.29. The summed E-state index contributed by atoms with van der Waals surface area (Å²) in [5.74, 6) is -0.101. The molecule has 1 heterocycles. The van der Waals surface area contributed by atoms with Crippen LogP contribution in [0.5, 0.6) is 5.75 Å². The Morgan fingerprint density at radius 3 is 2.44 bits per heavy atom. The number of ether oxygens (including phenoxy) is 1. The minimum Gasteiger partial charge on any atom is -0.484 e. The van der Waals surface area contributed by atoms with Crippen molar-refractivity contribution in [2.24, 2.45) is 0 Å². The van der Waals surface area contributed by atoms with Gasteiger partial charge in [-0.25, -0.2) is 0 Å². The fourth-order valence-corrected chi connectivity index (χ4v) is 3.64. The minimum atomic E-state index is -0.327. The third-order valence-electron chi connectivity index (χ3n) is 5.51. The van der Waals surface area contributed by atoms with E-state index < -0.39 is 0 Å². The van der Waals surface area contributed by atoms with Crippen molar-refractivity contribution in [1.82, 2.24) is 4.90 Å². The number of amides is 3. The number of fused-ring (bicyclic) bond motifs is 1. The van der Waals surface area contributed by atoms with E-state index >= 15 is 0 Å². The number of nitrogens with zero attached hydrogens (tertiary/aromatic N) is 2. The van der Waals surface area contributed by atoms with Gasteiger partial charge in [-0.15, -0.1) is 0 Å². The summed E-state index contributed by atoms with van der Waals surface area (Å²) in [5, 5.41) is 2.83. The van der Waals surface area contributed by atoms with Crippen molar-refractivity contribution in [3.63, 3.8) is 0 Å². The van der Waals surface area contributed by atoms with E-state index in [1.807, 2.05) is 37.3 Å². The minimum absolute atomic E-state index is 0.0398. The molecule has 0 saturated heterocycles. The first-order chi connectivity index (χ1) is 15.1. The third kappa shape index (κ3) is 5.46. The molecule has 0 saturated carbocycles. The number of rotatable bonds is 5. The van der Waals surface area contributed by atoms with Gasteiger partial charge in [0.15, 0.2) is 6.61 Å². The van der Waals surface area contributed by atoms with Gasteiger partial charge in [0.25, 0.3) is 5.91 Å². The molecule has 0 bridgehead atoms. The van der Waals surface area contributed by atoms with Crippen molar-refractivity contribution in [1.29, 1.82) is 0 Å². The molecule has 32 heavy (non-hydrogen) atoms. The molecule has 1 N–H and O–H groups in total. The van der Waals surface area contributed by atoms with Gasteiger partial charge in [0.05, 0.1) is 17.9 Å². The van der Waals surface area contributed by atoms with E-state index in [9.17, 15) is 14.4 Å². The van der Waals surface area contributed by atoms with Crippen LogP contribution in [0.1, 0.15) is 39.7 Å². The number of hydrogen-bond acceptors (Lipinski definition) is 4. The van der Waals surface area contributed by atoms with Gasteiger partial charge in [0.2, 0.25) is 11.8 Å². The van der Waals surface area contributed by atoms with Crippen LogP contribution in [0.15, 0.2) is 48.5 Å². The summed E-state index contributed by atoms with van der Waals surface area (Å²) in [6.07, 6.45) is 0.186. The fourth-order valence-electron chi connectivity index (χ4n) is 3.64. The third-order valence-corrected chi connectivity index (χ3v) is 5.51. The topological polar surface area (TPSA) is 79.0 Å². The lowest BCUT2D eigenvalue weighted by Crippen LogP contribution is -2.46. The van der Waals surface area contributed by atoms with Crippen molar-refractivity contribution in [3.05, 3.63) is 54.1 Å². The first kappa shape index (κ1) is 23.3. The van der Waals surface area contributed by atoms with E-state index in [-0.39, 0.29) is 48.8 Å². The molecule has 0 aliphatic carbocycles. The zero-order valence-corrected chi connectivity index (χ0v) is 19.3. The SMILES string of the molecule is CC1CC(=O)Nc2ccccc2N1C(=O)CN(C)C(=O)COc1ccc(C(C)(C)C)cc1. The van der Waals surface area contributed by atoms with Gasteiger partial charge in [-0.1, -0.05) is 45.0 Å². The summed E-state index contributed by atoms with van der Waals surface area (Å²) in [4.78, 5) is 40.7. The molecule has 2 aromatic rings. The summed E-state index contributed by atoms with van der Waals surface area (Å²) in [6, 6.07) is 14.5.